The van der Waals surface area contributed by atoms with Crippen LogP contribution < -0.4 is 11.1 Å². The Morgan fingerprint density at radius 3 is 2.11 bits per heavy atom. The molecule has 196 valence electrons. The summed E-state index contributed by atoms with van der Waals surface area (Å²) >= 11 is 12.1. The van der Waals surface area contributed by atoms with Crippen LogP contribution in [0, 0.1) is 10.1 Å². The van der Waals surface area contributed by atoms with Crippen LogP contribution in [0.25, 0.3) is 0 Å². The van der Waals surface area contributed by atoms with Crippen molar-refractivity contribution >= 4 is 46.6 Å². The van der Waals surface area contributed by atoms with E-state index in [2.05, 4.69) is 5.32 Å². The van der Waals surface area contributed by atoms with Gasteiger partial charge in [0.2, 0.25) is 0 Å². The monoisotopic (exact) mass is 555 g/mol. The van der Waals surface area contributed by atoms with E-state index in [4.69, 9.17) is 28.9 Å². The topological polar surface area (TPSA) is 139 Å². The molecule has 0 aromatic heterocycles. The largest absolute Gasteiger partial charge is 0.349 e. The molecular weight excluding hydrogens is 533 g/mol. The lowest BCUT2D eigenvalue weighted by molar-refractivity contribution is -0.384. The molecule has 3 aromatic rings. The van der Waals surface area contributed by atoms with Gasteiger partial charge in [0.25, 0.3) is 23.4 Å². The van der Waals surface area contributed by atoms with Crippen molar-refractivity contribution in [2.45, 2.75) is 19.3 Å². The van der Waals surface area contributed by atoms with Crippen LogP contribution in [0.1, 0.15) is 31.8 Å². The Bertz CT molecular complexity index is 1400. The van der Waals surface area contributed by atoms with Gasteiger partial charge in [0, 0.05) is 49.4 Å². The molecule has 1 unspecified atom stereocenters. The average Bonchev–Trinajstić information content (AvgIpc) is 3.38. The molecule has 1 fully saturated rings. The van der Waals surface area contributed by atoms with E-state index in [0.29, 0.717) is 6.54 Å². The Balaban J connectivity index is 1.62. The van der Waals surface area contributed by atoms with Crippen molar-refractivity contribution in [1.82, 2.24) is 15.1 Å². The predicted molar refractivity (Wildman–Crippen MR) is 142 cm³/mol. The van der Waals surface area contributed by atoms with Gasteiger partial charge in [-0.15, -0.1) is 0 Å². The molecule has 1 aliphatic heterocycles. The van der Waals surface area contributed by atoms with E-state index in [0.717, 1.165) is 11.1 Å². The first-order chi connectivity index (χ1) is 18.2. The summed E-state index contributed by atoms with van der Waals surface area (Å²) in [6.45, 7) is 0.646. The van der Waals surface area contributed by atoms with Crippen LogP contribution in [0.4, 0.5) is 5.69 Å². The van der Waals surface area contributed by atoms with Crippen molar-refractivity contribution in [3.05, 3.63) is 109 Å². The minimum Gasteiger partial charge on any atom is -0.349 e. The Labute approximate surface area is 228 Å². The fourth-order valence-corrected chi connectivity index (χ4v) is 4.47. The highest BCUT2D eigenvalue weighted by atomic mass is 35.5. The van der Waals surface area contributed by atoms with Crippen molar-refractivity contribution in [3.8, 4) is 0 Å². The number of rotatable bonds is 7. The summed E-state index contributed by atoms with van der Waals surface area (Å²) in [6, 6.07) is 16.8. The maximum absolute atomic E-state index is 13.5. The van der Waals surface area contributed by atoms with Crippen molar-refractivity contribution in [1.29, 1.82) is 0 Å². The van der Waals surface area contributed by atoms with E-state index in [-0.39, 0.29) is 46.5 Å². The first-order valence-corrected chi connectivity index (χ1v) is 12.3. The second-order valence-electron chi connectivity index (χ2n) is 8.55. The number of nitrogens with one attached hydrogen (secondary N) is 1. The maximum Gasteiger partial charge on any atom is 0.269 e. The number of benzene rings is 3. The number of amides is 3. The molecule has 0 aliphatic carbocycles. The molecule has 1 aliphatic rings. The second-order valence-corrected chi connectivity index (χ2v) is 9.36. The smallest absolute Gasteiger partial charge is 0.269 e. The Hall–Kier alpha value is -3.99. The van der Waals surface area contributed by atoms with Crippen LogP contribution in [0.2, 0.25) is 10.0 Å². The number of nitro groups is 1. The third kappa shape index (κ3) is 5.77. The first kappa shape index (κ1) is 27.1. The van der Waals surface area contributed by atoms with Gasteiger partial charge in [-0.1, -0.05) is 47.5 Å². The summed E-state index contributed by atoms with van der Waals surface area (Å²) in [5.41, 5.74) is 7.58. The lowest BCUT2D eigenvalue weighted by Gasteiger charge is -2.29. The number of non-ortho nitro benzene ring substituents is 1. The number of carbonyl (C=O) groups is 3. The zero-order valence-corrected chi connectivity index (χ0v) is 21.5. The molecule has 12 heteroatoms. The van der Waals surface area contributed by atoms with E-state index in [1.165, 1.54) is 52.3 Å². The van der Waals surface area contributed by atoms with Crippen molar-refractivity contribution in [2.24, 2.45) is 5.73 Å². The Kier molecular flexibility index (Phi) is 8.26. The fourth-order valence-electron chi connectivity index (χ4n) is 4.17. The summed E-state index contributed by atoms with van der Waals surface area (Å²) in [5.74, 6) is -1.62. The lowest BCUT2D eigenvalue weighted by Crippen LogP contribution is -2.53. The molecule has 38 heavy (non-hydrogen) atoms. The van der Waals surface area contributed by atoms with Crippen LogP contribution in [0.5, 0.6) is 0 Å². The van der Waals surface area contributed by atoms with Crippen molar-refractivity contribution in [2.75, 3.05) is 13.1 Å². The van der Waals surface area contributed by atoms with E-state index >= 15 is 0 Å². The fraction of sp³-hybridized carbons (Fsp3) is 0.192. The molecule has 4 rings (SSSR count). The summed E-state index contributed by atoms with van der Waals surface area (Å²) in [5, 5.41) is 14.2. The molecule has 1 saturated heterocycles. The summed E-state index contributed by atoms with van der Waals surface area (Å²) in [4.78, 5) is 53.3. The van der Waals surface area contributed by atoms with E-state index in [1.807, 2.05) is 24.3 Å². The van der Waals surface area contributed by atoms with Gasteiger partial charge in [0.1, 0.15) is 0 Å². The van der Waals surface area contributed by atoms with E-state index in [1.54, 1.807) is 0 Å². The normalized spacial score (nSPS) is 14.9. The molecule has 3 N–H and O–H groups in total. The van der Waals surface area contributed by atoms with Crippen LogP contribution in [-0.2, 0) is 17.9 Å². The van der Waals surface area contributed by atoms with Gasteiger partial charge in [0.15, 0.2) is 6.17 Å². The minimum absolute atomic E-state index is 0.0730. The molecule has 1 atom stereocenters. The van der Waals surface area contributed by atoms with Gasteiger partial charge < -0.3 is 20.9 Å². The van der Waals surface area contributed by atoms with Crippen LogP contribution in [-0.4, -0.2) is 51.7 Å². The van der Waals surface area contributed by atoms with E-state index in [9.17, 15) is 24.5 Å². The highest BCUT2D eigenvalue weighted by Crippen LogP contribution is 2.26. The predicted octanol–water partition coefficient (Wildman–Crippen LogP) is 3.60. The second kappa shape index (κ2) is 11.6. The summed E-state index contributed by atoms with van der Waals surface area (Å²) in [7, 11) is 0. The first-order valence-electron chi connectivity index (χ1n) is 11.6. The summed E-state index contributed by atoms with van der Waals surface area (Å²) in [6.07, 6.45) is -1.27. The number of carbonyl (C=O) groups excluding carboxylic acids is 3. The Morgan fingerprint density at radius 2 is 1.50 bits per heavy atom. The number of nitrogens with zero attached hydrogens (tertiary/aromatic N) is 3. The Morgan fingerprint density at radius 1 is 0.895 bits per heavy atom. The highest BCUT2D eigenvalue weighted by Gasteiger charge is 2.43. The zero-order valence-electron chi connectivity index (χ0n) is 20.0. The van der Waals surface area contributed by atoms with Crippen LogP contribution in [0.3, 0.4) is 0 Å². The maximum atomic E-state index is 13.5. The molecule has 0 spiro atoms. The van der Waals surface area contributed by atoms with Crippen LogP contribution in [0.15, 0.2) is 66.7 Å². The minimum atomic E-state index is -1.27. The molecule has 3 aromatic carbocycles. The van der Waals surface area contributed by atoms with Gasteiger partial charge in [-0.25, -0.2) is 0 Å². The van der Waals surface area contributed by atoms with Crippen molar-refractivity contribution in [3.63, 3.8) is 0 Å². The third-order valence-corrected chi connectivity index (χ3v) is 6.85. The van der Waals surface area contributed by atoms with Gasteiger partial charge in [-0.3, -0.25) is 24.5 Å². The molecule has 0 radical (unpaired) electrons. The zero-order chi connectivity index (χ0) is 27.4. The molecule has 0 bridgehead atoms. The van der Waals surface area contributed by atoms with Crippen molar-refractivity contribution < 1.29 is 19.3 Å². The number of halogens is 2. The number of nitrogens with two attached hydrogens (primary N) is 1. The number of nitro benzene ring substituents is 1. The number of hydrogen-bond acceptors (Lipinski definition) is 6. The van der Waals surface area contributed by atoms with Gasteiger partial charge in [-0.05, 0) is 41.5 Å². The molecule has 10 nitrogen and oxygen atoms in total. The van der Waals surface area contributed by atoms with E-state index < -0.39 is 28.8 Å². The molecular formula is C26H23Cl2N5O5. The van der Waals surface area contributed by atoms with Gasteiger partial charge in [-0.2, -0.15) is 0 Å². The molecule has 1 heterocycles. The van der Waals surface area contributed by atoms with Crippen LogP contribution >= 0.6 is 23.2 Å². The van der Waals surface area contributed by atoms with Gasteiger partial charge in [0.05, 0.1) is 15.0 Å². The summed E-state index contributed by atoms with van der Waals surface area (Å²) < 4.78 is 0. The SMILES string of the molecule is NCc1cccc(CNC(=O)C2N(C(=O)c3ccc([N+](=O)[O-])cc3)CCN2C(=O)c2ccc(Cl)c(Cl)c2)c1. The molecule has 0 saturated carbocycles. The third-order valence-electron chi connectivity index (χ3n) is 6.11. The average molecular weight is 556 g/mol. The standard InChI is InChI=1S/C26H23Cl2N5O5/c27-21-9-6-19(13-22(21)28)26(36)32-11-10-31(25(35)18-4-7-20(8-5-18)33(37)38)24(32)23(34)30-15-17-3-1-2-16(12-17)14-29/h1-9,12-13,24H,10-11,14-15,29H2,(H,30,34). The number of hydrogen-bond donors (Lipinski definition) is 2. The highest BCUT2D eigenvalue weighted by molar-refractivity contribution is 6.42. The van der Waals surface area contributed by atoms with Gasteiger partial charge >= 0.3 is 0 Å². The molecule has 3 amide bonds. The lowest BCUT2D eigenvalue weighted by atomic mass is 10.1. The quantitative estimate of drug-likeness (QED) is 0.337.